The van der Waals surface area contributed by atoms with E-state index in [9.17, 15) is 22.7 Å². The van der Waals surface area contributed by atoms with Gasteiger partial charge in [-0.25, -0.2) is 9.37 Å². The van der Waals surface area contributed by atoms with Gasteiger partial charge in [0.25, 0.3) is 0 Å². The predicted octanol–water partition coefficient (Wildman–Crippen LogP) is 2.50. The van der Waals surface area contributed by atoms with E-state index in [0.29, 0.717) is 28.9 Å². The standard InChI is InChI=1S/C19H24F4N8O2S/c1-30-14(12-4-3-10(24)9(20)7-33-12)11(6-27-30)28-17(32)13-16(25)34-18(29-13)8-5-26-31(2)15(8)19(21,22)23/h5-6,9-10,12,17,28,32H,3-4,7,24-25H2,1-2H3/t9-,10+,12-,17?/m0/s1. The van der Waals surface area contributed by atoms with Crippen LogP contribution in [0.1, 0.15) is 42.3 Å². The lowest BCUT2D eigenvalue weighted by atomic mass is 10.0. The van der Waals surface area contributed by atoms with Gasteiger partial charge < -0.3 is 26.6 Å². The summed E-state index contributed by atoms with van der Waals surface area (Å²) in [4.78, 5) is 4.15. The van der Waals surface area contributed by atoms with Crippen LogP contribution < -0.4 is 16.8 Å². The summed E-state index contributed by atoms with van der Waals surface area (Å²) in [5.74, 6) is 0. The first-order valence-corrected chi connectivity index (χ1v) is 11.1. The lowest BCUT2D eigenvalue weighted by Gasteiger charge is -2.19. The molecule has 1 aliphatic rings. The van der Waals surface area contributed by atoms with E-state index in [1.54, 1.807) is 7.05 Å². The molecule has 0 bridgehead atoms. The molecule has 4 heterocycles. The van der Waals surface area contributed by atoms with E-state index < -0.39 is 36.4 Å². The van der Waals surface area contributed by atoms with E-state index in [1.165, 1.54) is 17.9 Å². The maximum atomic E-state index is 13.9. The number of nitrogens with zero attached hydrogens (tertiary/aromatic N) is 5. The largest absolute Gasteiger partial charge is 0.433 e. The maximum Gasteiger partial charge on any atom is 0.433 e. The highest BCUT2D eigenvalue weighted by molar-refractivity contribution is 7.19. The molecule has 0 saturated carbocycles. The average Bonchev–Trinajstić information content (AvgIpc) is 3.41. The maximum absolute atomic E-state index is 13.9. The Bertz CT molecular complexity index is 1150. The molecule has 0 aliphatic carbocycles. The summed E-state index contributed by atoms with van der Waals surface area (Å²) in [6, 6.07) is -0.637. The average molecular weight is 505 g/mol. The minimum Gasteiger partial charge on any atom is -0.389 e. The van der Waals surface area contributed by atoms with Gasteiger partial charge in [0.2, 0.25) is 0 Å². The highest BCUT2D eigenvalue weighted by Crippen LogP contribution is 2.41. The van der Waals surface area contributed by atoms with Crippen molar-refractivity contribution in [3.05, 3.63) is 29.5 Å². The molecule has 1 saturated heterocycles. The zero-order valence-electron chi connectivity index (χ0n) is 18.3. The third kappa shape index (κ3) is 4.60. The number of aliphatic hydroxyl groups excluding tert-OH is 1. The summed E-state index contributed by atoms with van der Waals surface area (Å²) < 4.78 is 62.2. The molecular formula is C19H24F4N8O2S. The van der Waals surface area contributed by atoms with Gasteiger partial charge in [0.05, 0.1) is 35.9 Å². The first-order chi connectivity index (χ1) is 16.0. The summed E-state index contributed by atoms with van der Waals surface area (Å²) in [7, 11) is 2.85. The zero-order chi connectivity index (χ0) is 24.8. The van der Waals surface area contributed by atoms with Crippen LogP contribution in [0.25, 0.3) is 10.6 Å². The van der Waals surface area contributed by atoms with Gasteiger partial charge in [-0.3, -0.25) is 9.36 Å². The Morgan fingerprint density at radius 1 is 1.24 bits per heavy atom. The molecule has 0 spiro atoms. The molecule has 34 heavy (non-hydrogen) atoms. The van der Waals surface area contributed by atoms with E-state index in [-0.39, 0.29) is 27.9 Å². The fraction of sp³-hybridized carbons (Fsp3) is 0.526. The van der Waals surface area contributed by atoms with Crippen LogP contribution in [0.5, 0.6) is 0 Å². The fourth-order valence-electron chi connectivity index (χ4n) is 3.90. The Morgan fingerprint density at radius 2 is 1.94 bits per heavy atom. The molecule has 186 valence electrons. The monoisotopic (exact) mass is 504 g/mol. The molecule has 0 aromatic carbocycles. The predicted molar refractivity (Wildman–Crippen MR) is 116 cm³/mol. The van der Waals surface area contributed by atoms with Crippen molar-refractivity contribution in [2.24, 2.45) is 19.8 Å². The smallest absolute Gasteiger partial charge is 0.389 e. The summed E-state index contributed by atoms with van der Waals surface area (Å²) >= 11 is 0.803. The van der Waals surface area contributed by atoms with Crippen molar-refractivity contribution in [3.63, 3.8) is 0 Å². The van der Waals surface area contributed by atoms with Crippen LogP contribution in [0, 0.1) is 0 Å². The second-order valence-corrected chi connectivity index (χ2v) is 9.02. The van der Waals surface area contributed by atoms with Gasteiger partial charge in [-0.05, 0) is 12.8 Å². The van der Waals surface area contributed by atoms with Crippen LogP contribution in [0.3, 0.4) is 0 Å². The number of hydrogen-bond acceptors (Lipinski definition) is 9. The number of nitrogen functional groups attached to an aromatic ring is 1. The quantitative estimate of drug-likeness (QED) is 0.307. The van der Waals surface area contributed by atoms with Gasteiger partial charge in [-0.1, -0.05) is 11.3 Å². The number of anilines is 2. The second-order valence-electron chi connectivity index (χ2n) is 7.99. The number of nitrogens with one attached hydrogen (secondary N) is 1. The van der Waals surface area contributed by atoms with E-state index in [2.05, 4.69) is 20.5 Å². The van der Waals surface area contributed by atoms with Gasteiger partial charge in [-0.15, -0.1) is 0 Å². The second kappa shape index (κ2) is 9.13. The number of hydrogen-bond donors (Lipinski definition) is 4. The Labute approximate surface area is 195 Å². The van der Waals surface area contributed by atoms with Crippen molar-refractivity contribution in [1.29, 1.82) is 0 Å². The van der Waals surface area contributed by atoms with E-state index in [0.717, 1.165) is 17.5 Å². The number of aliphatic hydroxyl groups is 1. The molecule has 3 aromatic rings. The van der Waals surface area contributed by atoms with Crippen LogP contribution in [-0.4, -0.2) is 48.5 Å². The van der Waals surface area contributed by atoms with Crippen LogP contribution >= 0.6 is 11.3 Å². The number of alkyl halides is 4. The Kier molecular flexibility index (Phi) is 6.54. The van der Waals surface area contributed by atoms with E-state index in [4.69, 9.17) is 16.2 Å². The first-order valence-electron chi connectivity index (χ1n) is 10.3. The minimum atomic E-state index is -4.65. The van der Waals surface area contributed by atoms with Gasteiger partial charge >= 0.3 is 6.18 Å². The van der Waals surface area contributed by atoms with Crippen molar-refractivity contribution in [2.75, 3.05) is 17.7 Å². The molecule has 0 radical (unpaired) electrons. The molecule has 0 amide bonds. The third-order valence-corrected chi connectivity index (χ3v) is 6.58. The third-order valence-electron chi connectivity index (χ3n) is 5.64. The van der Waals surface area contributed by atoms with Crippen molar-refractivity contribution < 1.29 is 27.4 Å². The minimum absolute atomic E-state index is 0.0322. The Balaban J connectivity index is 1.59. The molecule has 1 fully saturated rings. The van der Waals surface area contributed by atoms with E-state index in [1.807, 2.05) is 0 Å². The number of ether oxygens (including phenoxy) is 1. The molecule has 1 aliphatic heterocycles. The highest BCUT2D eigenvalue weighted by atomic mass is 32.1. The lowest BCUT2D eigenvalue weighted by Crippen LogP contribution is -2.32. The molecule has 15 heteroatoms. The number of halogens is 4. The van der Waals surface area contributed by atoms with Gasteiger partial charge in [0, 0.05) is 20.1 Å². The number of rotatable bonds is 5. The SMILES string of the molecule is Cn1ncc(NC(O)c2nc(-c3cnn(C)c3C(F)(F)F)sc2N)c1[C@@H]1CC[C@@H](N)[C@@H](F)CO1. The summed E-state index contributed by atoms with van der Waals surface area (Å²) in [6.07, 6.45) is -4.58. The van der Waals surface area contributed by atoms with Gasteiger partial charge in [0.1, 0.15) is 28.0 Å². The van der Waals surface area contributed by atoms with Crippen LogP contribution in [0.15, 0.2) is 12.4 Å². The van der Waals surface area contributed by atoms with Gasteiger partial charge in [-0.2, -0.15) is 23.4 Å². The highest BCUT2D eigenvalue weighted by Gasteiger charge is 2.39. The molecule has 4 atom stereocenters. The van der Waals surface area contributed by atoms with Crippen LogP contribution in [0.2, 0.25) is 0 Å². The molecule has 6 N–H and O–H groups in total. The Hall–Kier alpha value is -2.75. The zero-order valence-corrected chi connectivity index (χ0v) is 19.1. The van der Waals surface area contributed by atoms with Crippen molar-refractivity contribution >= 4 is 22.0 Å². The van der Waals surface area contributed by atoms with E-state index >= 15 is 0 Å². The van der Waals surface area contributed by atoms with Crippen molar-refractivity contribution in [1.82, 2.24) is 24.5 Å². The molecule has 3 aromatic heterocycles. The summed E-state index contributed by atoms with van der Waals surface area (Å²) in [6.45, 7) is -0.173. The number of nitrogens with two attached hydrogens (primary N) is 2. The molecular weight excluding hydrogens is 480 g/mol. The normalized spacial score (nSPS) is 22.5. The van der Waals surface area contributed by atoms with Crippen molar-refractivity contribution in [2.45, 2.75) is 43.6 Å². The lowest BCUT2D eigenvalue weighted by molar-refractivity contribution is -0.143. The number of aromatic nitrogens is 5. The summed E-state index contributed by atoms with van der Waals surface area (Å²) in [5, 5.41) is 21.5. The van der Waals surface area contributed by atoms with Crippen molar-refractivity contribution in [3.8, 4) is 10.6 Å². The van der Waals surface area contributed by atoms with Crippen LogP contribution in [0.4, 0.5) is 28.3 Å². The topological polar surface area (TPSA) is 142 Å². The molecule has 10 nitrogen and oxygen atoms in total. The molecule has 1 unspecified atom stereocenters. The van der Waals surface area contributed by atoms with Crippen LogP contribution in [-0.2, 0) is 25.0 Å². The number of thiazole rings is 1. The molecule has 4 rings (SSSR count). The first kappa shape index (κ1) is 24.4. The number of aryl methyl sites for hydroxylation is 2. The van der Waals surface area contributed by atoms with Gasteiger partial charge in [0.15, 0.2) is 11.9 Å². The fourth-order valence-corrected chi connectivity index (χ4v) is 4.77. The Morgan fingerprint density at radius 3 is 2.65 bits per heavy atom. The summed E-state index contributed by atoms with van der Waals surface area (Å²) in [5.41, 5.74) is 11.5.